The SMILES string of the molecule is CCNC(=O)c1ccc(N)cc1NCC(O)C(N)=O. The van der Waals surface area contributed by atoms with Gasteiger partial charge in [-0.3, -0.25) is 9.59 Å². The van der Waals surface area contributed by atoms with Crippen molar-refractivity contribution in [1.29, 1.82) is 0 Å². The zero-order valence-corrected chi connectivity index (χ0v) is 10.6. The number of amides is 2. The maximum atomic E-state index is 11.8. The summed E-state index contributed by atoms with van der Waals surface area (Å²) >= 11 is 0. The van der Waals surface area contributed by atoms with Crippen molar-refractivity contribution in [1.82, 2.24) is 5.32 Å². The van der Waals surface area contributed by atoms with Gasteiger partial charge in [-0.25, -0.2) is 0 Å². The molecule has 0 heterocycles. The van der Waals surface area contributed by atoms with Gasteiger partial charge in [0.15, 0.2) is 0 Å². The second-order valence-corrected chi connectivity index (χ2v) is 3.96. The number of hydrogen-bond acceptors (Lipinski definition) is 5. The van der Waals surface area contributed by atoms with E-state index in [-0.39, 0.29) is 12.5 Å². The van der Waals surface area contributed by atoms with E-state index >= 15 is 0 Å². The summed E-state index contributed by atoms with van der Waals surface area (Å²) in [5.41, 5.74) is 11.9. The van der Waals surface area contributed by atoms with E-state index in [0.29, 0.717) is 23.5 Å². The number of nitrogen functional groups attached to an aromatic ring is 1. The largest absolute Gasteiger partial charge is 0.399 e. The molecule has 0 aliphatic heterocycles. The highest BCUT2D eigenvalue weighted by Crippen LogP contribution is 2.19. The fourth-order valence-electron chi connectivity index (χ4n) is 1.47. The van der Waals surface area contributed by atoms with Crippen LogP contribution in [0.25, 0.3) is 0 Å². The Kier molecular flexibility index (Phi) is 5.13. The van der Waals surface area contributed by atoms with Gasteiger partial charge in [-0.2, -0.15) is 0 Å². The summed E-state index contributed by atoms with van der Waals surface area (Å²) in [6, 6.07) is 4.72. The molecule has 1 aromatic carbocycles. The zero-order valence-electron chi connectivity index (χ0n) is 10.6. The van der Waals surface area contributed by atoms with Crippen LogP contribution in [0.2, 0.25) is 0 Å². The standard InChI is InChI=1S/C12H18N4O3/c1-2-15-12(19)8-4-3-7(13)5-9(8)16-6-10(17)11(14)18/h3-5,10,16-17H,2,6,13H2,1H3,(H2,14,18)(H,15,19). The van der Waals surface area contributed by atoms with Crippen LogP contribution in [0.15, 0.2) is 18.2 Å². The molecule has 1 unspecified atom stereocenters. The molecule has 0 aliphatic rings. The van der Waals surface area contributed by atoms with E-state index in [0.717, 1.165) is 0 Å². The van der Waals surface area contributed by atoms with Crippen LogP contribution < -0.4 is 22.1 Å². The molecule has 7 heteroatoms. The number of anilines is 2. The van der Waals surface area contributed by atoms with E-state index < -0.39 is 12.0 Å². The van der Waals surface area contributed by atoms with Crippen molar-refractivity contribution in [3.8, 4) is 0 Å². The first-order chi connectivity index (χ1) is 8.95. The lowest BCUT2D eigenvalue weighted by molar-refractivity contribution is -0.125. The van der Waals surface area contributed by atoms with Crippen LogP contribution in [0.3, 0.4) is 0 Å². The molecule has 0 fully saturated rings. The first-order valence-corrected chi connectivity index (χ1v) is 5.84. The van der Waals surface area contributed by atoms with Crippen LogP contribution in [0.5, 0.6) is 0 Å². The van der Waals surface area contributed by atoms with Gasteiger partial charge >= 0.3 is 0 Å². The average Bonchev–Trinajstić information content (AvgIpc) is 2.36. The van der Waals surface area contributed by atoms with Crippen LogP contribution in [0.4, 0.5) is 11.4 Å². The maximum Gasteiger partial charge on any atom is 0.253 e. The topological polar surface area (TPSA) is 130 Å². The number of nitrogens with two attached hydrogens (primary N) is 2. The van der Waals surface area contributed by atoms with Crippen molar-refractivity contribution in [2.75, 3.05) is 24.1 Å². The Hall–Kier alpha value is -2.28. The highest BCUT2D eigenvalue weighted by atomic mass is 16.3. The number of hydrogen-bond donors (Lipinski definition) is 5. The number of primary amides is 1. The van der Waals surface area contributed by atoms with Gasteiger partial charge in [-0.05, 0) is 25.1 Å². The number of carbonyl (C=O) groups excluding carboxylic acids is 2. The Labute approximate surface area is 111 Å². The third-order valence-electron chi connectivity index (χ3n) is 2.44. The van der Waals surface area contributed by atoms with Crippen molar-refractivity contribution < 1.29 is 14.7 Å². The van der Waals surface area contributed by atoms with E-state index in [1.165, 1.54) is 0 Å². The third-order valence-corrected chi connectivity index (χ3v) is 2.44. The predicted molar refractivity (Wildman–Crippen MR) is 72.6 cm³/mol. The first kappa shape index (κ1) is 14.8. The molecule has 104 valence electrons. The first-order valence-electron chi connectivity index (χ1n) is 5.84. The molecule has 0 radical (unpaired) electrons. The molecule has 1 rings (SSSR count). The van der Waals surface area contributed by atoms with Crippen molar-refractivity contribution in [2.24, 2.45) is 5.73 Å². The summed E-state index contributed by atoms with van der Waals surface area (Å²) in [6.07, 6.45) is -1.33. The van der Waals surface area contributed by atoms with E-state index in [1.807, 2.05) is 0 Å². The normalized spacial score (nSPS) is 11.7. The van der Waals surface area contributed by atoms with E-state index in [4.69, 9.17) is 11.5 Å². The molecule has 0 saturated carbocycles. The second kappa shape index (κ2) is 6.60. The number of carbonyl (C=O) groups is 2. The van der Waals surface area contributed by atoms with Gasteiger partial charge in [0.25, 0.3) is 5.91 Å². The Morgan fingerprint density at radius 1 is 1.42 bits per heavy atom. The van der Waals surface area contributed by atoms with Gasteiger partial charge in [-0.1, -0.05) is 0 Å². The van der Waals surface area contributed by atoms with Crippen molar-refractivity contribution in [3.63, 3.8) is 0 Å². The monoisotopic (exact) mass is 266 g/mol. The highest BCUT2D eigenvalue weighted by Gasteiger charge is 2.14. The maximum absolute atomic E-state index is 11.8. The smallest absolute Gasteiger partial charge is 0.253 e. The molecule has 19 heavy (non-hydrogen) atoms. The Morgan fingerprint density at radius 3 is 2.68 bits per heavy atom. The molecule has 0 bridgehead atoms. The summed E-state index contributed by atoms with van der Waals surface area (Å²) in [6.45, 7) is 2.21. The molecule has 1 atom stereocenters. The second-order valence-electron chi connectivity index (χ2n) is 3.96. The molecule has 7 N–H and O–H groups in total. The van der Waals surface area contributed by atoms with Crippen LogP contribution >= 0.6 is 0 Å². The Balaban J connectivity index is 2.88. The number of aliphatic hydroxyl groups excluding tert-OH is 1. The van der Waals surface area contributed by atoms with Gasteiger partial charge in [0.2, 0.25) is 5.91 Å². The van der Waals surface area contributed by atoms with Gasteiger partial charge in [0, 0.05) is 24.5 Å². The number of aliphatic hydroxyl groups is 1. The molecular weight excluding hydrogens is 248 g/mol. The summed E-state index contributed by atoms with van der Waals surface area (Å²) < 4.78 is 0. The van der Waals surface area contributed by atoms with Crippen molar-refractivity contribution in [2.45, 2.75) is 13.0 Å². The minimum atomic E-state index is -1.33. The summed E-state index contributed by atoms with van der Waals surface area (Å²) in [5, 5.41) is 14.8. The van der Waals surface area contributed by atoms with Crippen molar-refractivity contribution >= 4 is 23.2 Å². The Morgan fingerprint density at radius 2 is 2.11 bits per heavy atom. The van der Waals surface area contributed by atoms with Crippen LogP contribution in [-0.4, -0.2) is 36.1 Å². The van der Waals surface area contributed by atoms with E-state index in [2.05, 4.69) is 10.6 Å². The molecule has 2 amide bonds. The lowest BCUT2D eigenvalue weighted by Crippen LogP contribution is -2.34. The van der Waals surface area contributed by atoms with Crippen molar-refractivity contribution in [3.05, 3.63) is 23.8 Å². The van der Waals surface area contributed by atoms with Gasteiger partial charge in [0.05, 0.1) is 5.56 Å². The number of nitrogens with one attached hydrogen (secondary N) is 2. The van der Waals surface area contributed by atoms with E-state index in [1.54, 1.807) is 25.1 Å². The van der Waals surface area contributed by atoms with Gasteiger partial charge in [-0.15, -0.1) is 0 Å². The summed E-state index contributed by atoms with van der Waals surface area (Å²) in [5.74, 6) is -1.10. The number of benzene rings is 1. The highest BCUT2D eigenvalue weighted by molar-refractivity contribution is 6.00. The fraction of sp³-hybridized carbons (Fsp3) is 0.333. The Bertz CT molecular complexity index is 476. The lowest BCUT2D eigenvalue weighted by Gasteiger charge is -2.14. The number of rotatable bonds is 6. The molecular formula is C12H18N4O3. The van der Waals surface area contributed by atoms with Crippen LogP contribution in [-0.2, 0) is 4.79 Å². The summed E-state index contributed by atoms with van der Waals surface area (Å²) in [7, 11) is 0. The van der Waals surface area contributed by atoms with E-state index in [9.17, 15) is 14.7 Å². The molecule has 0 aromatic heterocycles. The lowest BCUT2D eigenvalue weighted by atomic mass is 10.1. The zero-order chi connectivity index (χ0) is 14.4. The molecule has 0 spiro atoms. The predicted octanol–water partition coefficient (Wildman–Crippen LogP) is -0.723. The van der Waals surface area contributed by atoms with Crippen LogP contribution in [0.1, 0.15) is 17.3 Å². The molecule has 0 aliphatic carbocycles. The fourth-order valence-corrected chi connectivity index (χ4v) is 1.47. The minimum Gasteiger partial charge on any atom is -0.399 e. The van der Waals surface area contributed by atoms with Crippen LogP contribution in [0, 0.1) is 0 Å². The third kappa shape index (κ3) is 4.14. The minimum absolute atomic E-state index is 0.0921. The average molecular weight is 266 g/mol. The summed E-state index contributed by atoms with van der Waals surface area (Å²) in [4.78, 5) is 22.5. The quantitative estimate of drug-likeness (QED) is 0.434. The molecule has 1 aromatic rings. The molecule has 0 saturated heterocycles. The van der Waals surface area contributed by atoms with Gasteiger partial charge in [0.1, 0.15) is 6.10 Å². The van der Waals surface area contributed by atoms with Gasteiger partial charge < -0.3 is 27.2 Å². The molecule has 7 nitrogen and oxygen atoms in total.